The largest absolute Gasteiger partial charge is 0.496 e. The Labute approximate surface area is 255 Å². The Morgan fingerprint density at radius 1 is 1.02 bits per heavy atom. The van der Waals surface area contributed by atoms with Crippen LogP contribution in [0.25, 0.3) is 11.1 Å². The van der Waals surface area contributed by atoms with E-state index in [9.17, 15) is 18.8 Å². The van der Waals surface area contributed by atoms with Crippen LogP contribution in [0.4, 0.5) is 15.8 Å². The predicted octanol–water partition coefficient (Wildman–Crippen LogP) is 5.73. The Hall–Kier alpha value is -4.80. The standard InChI is InChI=1S/C33H37FN2O8/c1-19-7-8-21(34)15-27(19)43-18-25-23(11-12-26-31(25)36(5)32(40)33(3,4)35-26)24-10-9-22(16-28(24)41-6)42-17-20(2)44-30(39)14-13-29(37)38/h7-12,15-16,20,35H,13-14,17-18H2,1-6H3,(H,37,38). The summed E-state index contributed by atoms with van der Waals surface area (Å²) in [6, 6.07) is 13.4. The molecule has 44 heavy (non-hydrogen) atoms. The fraction of sp³-hybridized carbons (Fsp3) is 0.364. The van der Waals surface area contributed by atoms with E-state index in [-0.39, 0.29) is 32.0 Å². The van der Waals surface area contributed by atoms with Gasteiger partial charge in [-0.3, -0.25) is 14.4 Å². The number of carbonyl (C=O) groups excluding carboxylic acids is 2. The molecule has 11 heteroatoms. The lowest BCUT2D eigenvalue weighted by molar-refractivity contribution is -0.152. The molecule has 2 N–H and O–H groups in total. The number of rotatable bonds is 12. The van der Waals surface area contributed by atoms with E-state index in [1.807, 2.05) is 39.0 Å². The fourth-order valence-electron chi connectivity index (χ4n) is 5.03. The molecule has 1 unspecified atom stereocenters. The van der Waals surface area contributed by atoms with E-state index in [1.54, 1.807) is 37.1 Å². The number of carboxylic acids is 1. The Morgan fingerprint density at radius 2 is 1.75 bits per heavy atom. The maximum absolute atomic E-state index is 14.0. The minimum Gasteiger partial charge on any atom is -0.496 e. The van der Waals surface area contributed by atoms with Gasteiger partial charge in [0.1, 0.15) is 47.9 Å². The number of esters is 1. The number of aliphatic carboxylic acids is 1. The number of nitrogens with one attached hydrogen (secondary N) is 1. The van der Waals surface area contributed by atoms with Crippen molar-refractivity contribution in [2.45, 2.75) is 58.8 Å². The quantitative estimate of drug-likeness (QED) is 0.248. The van der Waals surface area contributed by atoms with E-state index >= 15 is 0 Å². The van der Waals surface area contributed by atoms with E-state index in [4.69, 9.17) is 24.1 Å². The van der Waals surface area contributed by atoms with Gasteiger partial charge in [0.25, 0.3) is 5.91 Å². The number of likely N-dealkylation sites (N-methyl/N-ethyl adjacent to an activating group) is 1. The van der Waals surface area contributed by atoms with Crippen molar-refractivity contribution in [2.75, 3.05) is 31.0 Å². The zero-order valence-corrected chi connectivity index (χ0v) is 25.7. The SMILES string of the molecule is COc1cc(OCC(C)OC(=O)CCC(=O)O)ccc1-c1ccc2c(c1COc1cc(F)ccc1C)N(C)C(=O)C(C)(C)N2. The molecular weight excluding hydrogens is 571 g/mol. The van der Waals surface area contributed by atoms with E-state index in [0.717, 1.165) is 16.8 Å². The van der Waals surface area contributed by atoms with Gasteiger partial charge in [-0.1, -0.05) is 12.1 Å². The number of hydrogen-bond acceptors (Lipinski definition) is 8. The topological polar surface area (TPSA) is 124 Å². The molecule has 0 fully saturated rings. The molecule has 234 valence electrons. The minimum absolute atomic E-state index is 0.0364. The molecule has 0 aliphatic carbocycles. The van der Waals surface area contributed by atoms with Crippen LogP contribution >= 0.6 is 0 Å². The number of benzene rings is 3. The first-order chi connectivity index (χ1) is 20.8. The maximum Gasteiger partial charge on any atom is 0.306 e. The van der Waals surface area contributed by atoms with Crippen LogP contribution in [0, 0.1) is 12.7 Å². The Morgan fingerprint density at radius 3 is 2.45 bits per heavy atom. The number of hydrogen-bond donors (Lipinski definition) is 2. The van der Waals surface area contributed by atoms with Gasteiger partial charge >= 0.3 is 11.9 Å². The van der Waals surface area contributed by atoms with Crippen molar-refractivity contribution in [1.82, 2.24) is 0 Å². The van der Waals surface area contributed by atoms with Gasteiger partial charge in [0.05, 0.1) is 31.3 Å². The van der Waals surface area contributed by atoms with Crippen molar-refractivity contribution in [3.63, 3.8) is 0 Å². The highest BCUT2D eigenvalue weighted by atomic mass is 19.1. The third-order valence-electron chi connectivity index (χ3n) is 7.25. The lowest BCUT2D eigenvalue weighted by Crippen LogP contribution is -2.52. The summed E-state index contributed by atoms with van der Waals surface area (Å²) in [6.45, 7) is 7.19. The molecule has 4 rings (SSSR count). The van der Waals surface area contributed by atoms with E-state index in [1.165, 1.54) is 19.2 Å². The summed E-state index contributed by atoms with van der Waals surface area (Å²) in [7, 11) is 3.24. The summed E-state index contributed by atoms with van der Waals surface area (Å²) in [5, 5.41) is 12.1. The summed E-state index contributed by atoms with van der Waals surface area (Å²) in [5.41, 5.74) is 3.47. The fourth-order valence-corrected chi connectivity index (χ4v) is 5.03. The van der Waals surface area contributed by atoms with Crippen molar-refractivity contribution < 1.29 is 42.8 Å². The molecule has 3 aromatic rings. The Bertz CT molecular complexity index is 1570. The molecule has 1 atom stereocenters. The zero-order valence-electron chi connectivity index (χ0n) is 25.7. The molecule has 10 nitrogen and oxygen atoms in total. The Kier molecular flexibility index (Phi) is 9.66. The van der Waals surface area contributed by atoms with Crippen LogP contribution in [0.2, 0.25) is 0 Å². The number of nitrogens with zero attached hydrogens (tertiary/aromatic N) is 1. The molecular formula is C33H37FN2O8. The van der Waals surface area contributed by atoms with Gasteiger partial charge in [-0.15, -0.1) is 0 Å². The molecule has 3 aromatic carbocycles. The summed E-state index contributed by atoms with van der Waals surface area (Å²) in [6.07, 6.45) is -1.13. The first-order valence-corrected chi connectivity index (χ1v) is 14.1. The minimum atomic E-state index is -1.07. The van der Waals surface area contributed by atoms with Crippen LogP contribution in [-0.2, 0) is 25.7 Å². The van der Waals surface area contributed by atoms with Crippen molar-refractivity contribution >= 4 is 29.2 Å². The molecule has 0 bridgehead atoms. The van der Waals surface area contributed by atoms with E-state index in [0.29, 0.717) is 34.1 Å². The van der Waals surface area contributed by atoms with Gasteiger partial charge in [-0.05, 0) is 63.1 Å². The van der Waals surface area contributed by atoms with Crippen LogP contribution in [0.3, 0.4) is 0 Å². The molecule has 0 radical (unpaired) electrons. The highest BCUT2D eigenvalue weighted by Crippen LogP contribution is 2.45. The zero-order chi connectivity index (χ0) is 32.2. The molecule has 1 aliphatic rings. The average molecular weight is 609 g/mol. The number of anilines is 2. The van der Waals surface area contributed by atoms with Gasteiger partial charge < -0.3 is 34.3 Å². The highest BCUT2D eigenvalue weighted by molar-refractivity contribution is 6.08. The lowest BCUT2D eigenvalue weighted by atomic mass is 9.91. The molecule has 0 saturated carbocycles. The molecule has 1 aliphatic heterocycles. The van der Waals surface area contributed by atoms with Gasteiger partial charge in [0, 0.05) is 30.3 Å². The number of aryl methyl sites for hydroxylation is 1. The number of fused-ring (bicyclic) bond motifs is 1. The summed E-state index contributed by atoms with van der Waals surface area (Å²) >= 11 is 0. The monoisotopic (exact) mass is 608 g/mol. The molecule has 0 aromatic heterocycles. The normalized spacial score (nSPS) is 14.2. The number of halogens is 1. The molecule has 1 amide bonds. The number of ether oxygens (including phenoxy) is 4. The van der Waals surface area contributed by atoms with E-state index in [2.05, 4.69) is 5.32 Å². The van der Waals surface area contributed by atoms with Gasteiger partial charge in [-0.2, -0.15) is 0 Å². The van der Waals surface area contributed by atoms with Gasteiger partial charge in [0.15, 0.2) is 0 Å². The predicted molar refractivity (Wildman–Crippen MR) is 163 cm³/mol. The van der Waals surface area contributed by atoms with Crippen LogP contribution in [0.5, 0.6) is 17.2 Å². The van der Waals surface area contributed by atoms with Crippen LogP contribution in [0.1, 0.15) is 44.7 Å². The van der Waals surface area contributed by atoms with E-state index < -0.39 is 29.4 Å². The average Bonchev–Trinajstić information content (AvgIpc) is 2.97. The smallest absolute Gasteiger partial charge is 0.306 e. The molecule has 1 heterocycles. The van der Waals surface area contributed by atoms with Crippen molar-refractivity contribution in [2.24, 2.45) is 0 Å². The second-order valence-electron chi connectivity index (χ2n) is 11.2. The molecule has 0 spiro atoms. The van der Waals surface area contributed by atoms with Crippen LogP contribution < -0.4 is 24.4 Å². The van der Waals surface area contributed by atoms with Crippen molar-refractivity contribution in [3.05, 3.63) is 65.5 Å². The third kappa shape index (κ3) is 7.21. The first-order valence-electron chi connectivity index (χ1n) is 14.1. The summed E-state index contributed by atoms with van der Waals surface area (Å²) in [5.74, 6) is -0.907. The first kappa shape index (κ1) is 32.1. The van der Waals surface area contributed by atoms with Crippen LogP contribution in [-0.4, -0.2) is 55.4 Å². The number of amides is 1. The second kappa shape index (κ2) is 13.2. The number of carboxylic acid groups (broad SMARTS) is 1. The summed E-state index contributed by atoms with van der Waals surface area (Å²) < 4.78 is 37.0. The van der Waals surface area contributed by atoms with Crippen molar-refractivity contribution in [3.8, 4) is 28.4 Å². The third-order valence-corrected chi connectivity index (χ3v) is 7.25. The Balaban J connectivity index is 1.66. The molecule has 0 saturated heterocycles. The highest BCUT2D eigenvalue weighted by Gasteiger charge is 2.38. The van der Waals surface area contributed by atoms with Gasteiger partial charge in [0.2, 0.25) is 0 Å². The number of carbonyl (C=O) groups is 3. The maximum atomic E-state index is 14.0. The summed E-state index contributed by atoms with van der Waals surface area (Å²) in [4.78, 5) is 37.4. The van der Waals surface area contributed by atoms with Crippen molar-refractivity contribution in [1.29, 1.82) is 0 Å². The van der Waals surface area contributed by atoms with Crippen LogP contribution in [0.15, 0.2) is 48.5 Å². The number of methoxy groups -OCH3 is 1. The van der Waals surface area contributed by atoms with Gasteiger partial charge in [-0.25, -0.2) is 4.39 Å². The lowest BCUT2D eigenvalue weighted by Gasteiger charge is -2.39. The second-order valence-corrected chi connectivity index (χ2v) is 11.2.